The number of hydrogen-bond donors (Lipinski definition) is 2. The molecule has 1 atom stereocenters. The van der Waals surface area contributed by atoms with E-state index in [9.17, 15) is 8.42 Å². The van der Waals surface area contributed by atoms with Gasteiger partial charge in [0, 0.05) is 18.3 Å². The zero-order valence-corrected chi connectivity index (χ0v) is 13.3. The Bertz CT molecular complexity index is 565. The number of anilines is 1. The van der Waals surface area contributed by atoms with E-state index in [1.54, 1.807) is 12.1 Å². The molecular weight excluding hydrogens is 272 g/mol. The highest BCUT2D eigenvalue weighted by atomic mass is 32.2. The minimum atomic E-state index is -3.42. The Morgan fingerprint density at radius 1 is 1.30 bits per heavy atom. The van der Waals surface area contributed by atoms with Crippen molar-refractivity contribution in [3.63, 3.8) is 0 Å². The molecule has 4 nitrogen and oxygen atoms in total. The molecule has 5 heteroatoms. The van der Waals surface area contributed by atoms with Crippen molar-refractivity contribution in [3.8, 4) is 0 Å². The molecule has 0 aliphatic carbocycles. The van der Waals surface area contributed by atoms with Crippen molar-refractivity contribution < 1.29 is 8.42 Å². The van der Waals surface area contributed by atoms with E-state index in [1.807, 2.05) is 13.0 Å². The molecule has 0 amide bonds. The van der Waals surface area contributed by atoms with Gasteiger partial charge >= 0.3 is 0 Å². The summed E-state index contributed by atoms with van der Waals surface area (Å²) in [5.74, 6) is 0.376. The van der Waals surface area contributed by atoms with E-state index >= 15 is 0 Å². The van der Waals surface area contributed by atoms with Crippen LogP contribution in [0.25, 0.3) is 0 Å². The van der Waals surface area contributed by atoms with Crippen LogP contribution in [0.2, 0.25) is 0 Å². The third kappa shape index (κ3) is 3.15. The maximum absolute atomic E-state index is 12.4. The molecule has 0 spiro atoms. The Morgan fingerprint density at radius 2 is 2.00 bits per heavy atom. The molecule has 1 unspecified atom stereocenters. The van der Waals surface area contributed by atoms with E-state index in [-0.39, 0.29) is 6.04 Å². The van der Waals surface area contributed by atoms with Crippen LogP contribution in [0.1, 0.15) is 39.2 Å². The average molecular weight is 296 g/mol. The fourth-order valence-corrected chi connectivity index (χ4v) is 4.22. The van der Waals surface area contributed by atoms with Crippen LogP contribution in [0.3, 0.4) is 0 Å². The number of sulfonamides is 1. The molecule has 2 rings (SSSR count). The lowest BCUT2D eigenvalue weighted by atomic mass is 9.96. The van der Waals surface area contributed by atoms with E-state index < -0.39 is 10.0 Å². The topological polar surface area (TPSA) is 58.2 Å². The Morgan fingerprint density at radius 3 is 2.65 bits per heavy atom. The molecule has 0 bridgehead atoms. The van der Waals surface area contributed by atoms with E-state index in [4.69, 9.17) is 0 Å². The van der Waals surface area contributed by atoms with E-state index in [0.717, 1.165) is 37.1 Å². The molecule has 20 heavy (non-hydrogen) atoms. The number of hydrogen-bond acceptors (Lipinski definition) is 3. The van der Waals surface area contributed by atoms with Crippen LogP contribution in [-0.4, -0.2) is 21.0 Å². The van der Waals surface area contributed by atoms with E-state index in [2.05, 4.69) is 23.9 Å². The molecule has 1 aliphatic rings. The first-order chi connectivity index (χ1) is 9.47. The lowest BCUT2D eigenvalue weighted by Crippen LogP contribution is -2.37. The van der Waals surface area contributed by atoms with E-state index in [0.29, 0.717) is 10.8 Å². The van der Waals surface area contributed by atoms with Crippen molar-refractivity contribution in [1.29, 1.82) is 0 Å². The highest BCUT2D eigenvalue weighted by Crippen LogP contribution is 2.25. The number of fused-ring (bicyclic) bond motifs is 1. The SMILES string of the molecule is CCC(CC)C(C)NS(=O)(=O)c1ccc2c(c1)CCN2. The smallest absolute Gasteiger partial charge is 0.240 e. The van der Waals surface area contributed by atoms with Gasteiger partial charge in [0.1, 0.15) is 0 Å². The van der Waals surface area contributed by atoms with Gasteiger partial charge in [-0.25, -0.2) is 13.1 Å². The molecule has 0 aromatic heterocycles. The number of benzene rings is 1. The molecule has 0 saturated heterocycles. The normalized spacial score (nSPS) is 16.0. The molecule has 112 valence electrons. The lowest BCUT2D eigenvalue weighted by Gasteiger charge is -2.22. The van der Waals surface area contributed by atoms with Gasteiger partial charge in [-0.3, -0.25) is 0 Å². The highest BCUT2D eigenvalue weighted by molar-refractivity contribution is 7.89. The predicted molar refractivity (Wildman–Crippen MR) is 82.5 cm³/mol. The fourth-order valence-electron chi connectivity index (χ4n) is 2.85. The number of rotatable bonds is 6. The van der Waals surface area contributed by atoms with Gasteiger partial charge in [-0.1, -0.05) is 26.7 Å². The molecule has 0 saturated carbocycles. The third-order valence-corrected chi connectivity index (χ3v) is 5.75. The molecule has 0 radical (unpaired) electrons. The highest BCUT2D eigenvalue weighted by Gasteiger charge is 2.23. The van der Waals surface area contributed by atoms with Crippen LogP contribution in [0.15, 0.2) is 23.1 Å². The van der Waals surface area contributed by atoms with Crippen LogP contribution in [0, 0.1) is 5.92 Å². The standard InChI is InChI=1S/C15H24N2O2S/c1-4-12(5-2)11(3)17-20(18,19)14-6-7-15-13(10-14)8-9-16-15/h6-7,10-12,16-17H,4-5,8-9H2,1-3H3. The first kappa shape index (κ1) is 15.3. The monoisotopic (exact) mass is 296 g/mol. The van der Waals surface area contributed by atoms with Crippen LogP contribution in [0.5, 0.6) is 0 Å². The maximum atomic E-state index is 12.4. The van der Waals surface area contributed by atoms with Gasteiger partial charge in [0.25, 0.3) is 0 Å². The Kier molecular flexibility index (Phi) is 4.70. The molecule has 1 aromatic rings. The second kappa shape index (κ2) is 6.14. The van der Waals surface area contributed by atoms with Crippen molar-refractivity contribution in [3.05, 3.63) is 23.8 Å². The first-order valence-corrected chi connectivity index (χ1v) is 8.85. The summed E-state index contributed by atoms with van der Waals surface area (Å²) in [5, 5.41) is 3.24. The first-order valence-electron chi connectivity index (χ1n) is 7.37. The van der Waals surface area contributed by atoms with Crippen LogP contribution in [0.4, 0.5) is 5.69 Å². The van der Waals surface area contributed by atoms with Crippen molar-refractivity contribution in [2.75, 3.05) is 11.9 Å². The molecule has 2 N–H and O–H groups in total. The zero-order valence-electron chi connectivity index (χ0n) is 12.4. The van der Waals surface area contributed by atoms with Crippen molar-refractivity contribution in [2.24, 2.45) is 5.92 Å². The van der Waals surface area contributed by atoms with Gasteiger partial charge in [-0.2, -0.15) is 0 Å². The second-order valence-electron chi connectivity index (χ2n) is 5.48. The minimum Gasteiger partial charge on any atom is -0.384 e. The summed E-state index contributed by atoms with van der Waals surface area (Å²) in [6.07, 6.45) is 2.85. The summed E-state index contributed by atoms with van der Waals surface area (Å²) in [7, 11) is -3.42. The largest absolute Gasteiger partial charge is 0.384 e. The third-order valence-electron chi connectivity index (χ3n) is 4.19. The van der Waals surface area contributed by atoms with Crippen LogP contribution >= 0.6 is 0 Å². The average Bonchev–Trinajstić information content (AvgIpc) is 2.86. The summed E-state index contributed by atoms with van der Waals surface area (Å²) in [6.45, 7) is 7.03. The fraction of sp³-hybridized carbons (Fsp3) is 0.600. The predicted octanol–water partition coefficient (Wildman–Crippen LogP) is 2.76. The summed E-state index contributed by atoms with van der Waals surface area (Å²) in [4.78, 5) is 0.373. The van der Waals surface area contributed by atoms with E-state index in [1.165, 1.54) is 0 Å². The quantitative estimate of drug-likeness (QED) is 0.848. The van der Waals surface area contributed by atoms with Gasteiger partial charge < -0.3 is 5.32 Å². The lowest BCUT2D eigenvalue weighted by molar-refractivity contribution is 0.391. The molecule has 1 aromatic carbocycles. The van der Waals surface area contributed by atoms with Gasteiger partial charge in [0.15, 0.2) is 0 Å². The molecule has 1 heterocycles. The van der Waals surface area contributed by atoms with Gasteiger partial charge in [-0.05, 0) is 43.0 Å². The Labute approximate surface area is 122 Å². The molecule has 1 aliphatic heterocycles. The van der Waals surface area contributed by atoms with Gasteiger partial charge in [0.2, 0.25) is 10.0 Å². The summed E-state index contributed by atoms with van der Waals surface area (Å²) in [5.41, 5.74) is 2.14. The Hall–Kier alpha value is -1.07. The van der Waals surface area contributed by atoms with Crippen molar-refractivity contribution in [2.45, 2.75) is 51.0 Å². The number of nitrogens with one attached hydrogen (secondary N) is 2. The van der Waals surface area contributed by atoms with Crippen LogP contribution in [-0.2, 0) is 16.4 Å². The zero-order chi connectivity index (χ0) is 14.8. The summed E-state index contributed by atoms with van der Waals surface area (Å²) in [6, 6.07) is 5.29. The second-order valence-corrected chi connectivity index (χ2v) is 7.20. The van der Waals surface area contributed by atoms with Gasteiger partial charge in [-0.15, -0.1) is 0 Å². The van der Waals surface area contributed by atoms with Gasteiger partial charge in [0.05, 0.1) is 4.90 Å². The Balaban J connectivity index is 2.18. The van der Waals surface area contributed by atoms with Crippen molar-refractivity contribution in [1.82, 2.24) is 4.72 Å². The minimum absolute atomic E-state index is 0.0404. The molecule has 0 fully saturated rings. The molecular formula is C15H24N2O2S. The maximum Gasteiger partial charge on any atom is 0.240 e. The van der Waals surface area contributed by atoms with Crippen molar-refractivity contribution >= 4 is 15.7 Å². The summed E-state index contributed by atoms with van der Waals surface area (Å²) < 4.78 is 27.7. The van der Waals surface area contributed by atoms with Crippen LogP contribution < -0.4 is 10.0 Å². The summed E-state index contributed by atoms with van der Waals surface area (Å²) >= 11 is 0.